The predicted molar refractivity (Wildman–Crippen MR) is 120 cm³/mol. The number of nitrogens with one attached hydrogen (secondary N) is 1. The number of nitrogens with zero attached hydrogens (tertiary/aromatic N) is 1. The molecule has 3 amide bonds. The summed E-state index contributed by atoms with van der Waals surface area (Å²) in [5.41, 5.74) is 2.22. The monoisotopic (exact) mass is 504 g/mol. The van der Waals surface area contributed by atoms with E-state index < -0.39 is 29.6 Å². The number of rotatable bonds is 7. The number of imide groups is 1. The van der Waals surface area contributed by atoms with Crippen molar-refractivity contribution in [2.24, 2.45) is 0 Å². The smallest absolute Gasteiger partial charge is 0.341 e. The van der Waals surface area contributed by atoms with Crippen molar-refractivity contribution in [3.05, 3.63) is 63.0 Å². The Morgan fingerprint density at radius 2 is 1.90 bits per heavy atom. The first-order valence-corrected chi connectivity index (χ1v) is 10.6. The number of hydrogen-bond donors (Lipinski definition) is 2. The predicted octanol–water partition coefficient (Wildman–Crippen LogP) is 3.90. The third-order valence-corrected chi connectivity index (χ3v) is 5.64. The van der Waals surface area contributed by atoms with Crippen molar-refractivity contribution < 1.29 is 29.0 Å². The van der Waals surface area contributed by atoms with Gasteiger partial charge < -0.3 is 15.2 Å². The van der Waals surface area contributed by atoms with Gasteiger partial charge in [0.25, 0.3) is 11.1 Å². The maximum absolute atomic E-state index is 12.6. The molecule has 0 atom stereocenters. The standard InChI is InChI=1S/C21H17BrN2O6S/c1-12-2-5-14(6-3-12)23-18(25)10-24-20(28)17(31-21(24)29)9-13-4-7-16(15(22)8-13)30-11-19(26)27/h2-9H,10-11H2,1H3,(H,23,25)(H,26,27)/b17-9-. The first kappa shape index (κ1) is 22.6. The third kappa shape index (κ3) is 5.96. The normalized spacial score (nSPS) is 14.8. The third-order valence-electron chi connectivity index (χ3n) is 4.12. The number of carboxylic acids is 1. The fraction of sp³-hybridized carbons (Fsp3) is 0.143. The molecule has 0 saturated carbocycles. The Kier molecular flexibility index (Phi) is 7.13. The lowest BCUT2D eigenvalue weighted by molar-refractivity contribution is -0.139. The number of anilines is 1. The van der Waals surface area contributed by atoms with Crippen LogP contribution in [0.25, 0.3) is 6.08 Å². The summed E-state index contributed by atoms with van der Waals surface area (Å²) in [4.78, 5) is 48.8. The largest absolute Gasteiger partial charge is 0.481 e. The number of halogens is 1. The van der Waals surface area contributed by atoms with Crippen LogP contribution >= 0.6 is 27.7 Å². The Bertz CT molecular complexity index is 1080. The summed E-state index contributed by atoms with van der Waals surface area (Å²) in [5, 5.41) is 10.8. The van der Waals surface area contributed by atoms with Crippen LogP contribution in [0, 0.1) is 6.92 Å². The van der Waals surface area contributed by atoms with Gasteiger partial charge in [-0.05, 0) is 70.5 Å². The summed E-state index contributed by atoms with van der Waals surface area (Å²) in [6, 6.07) is 12.0. The van der Waals surface area contributed by atoms with Crippen molar-refractivity contribution in [1.82, 2.24) is 4.90 Å². The number of ether oxygens (including phenoxy) is 1. The maximum atomic E-state index is 12.6. The molecule has 0 aromatic heterocycles. The lowest BCUT2D eigenvalue weighted by atomic mass is 10.2. The molecule has 31 heavy (non-hydrogen) atoms. The Morgan fingerprint density at radius 1 is 1.19 bits per heavy atom. The molecule has 0 spiro atoms. The molecule has 0 bridgehead atoms. The molecule has 160 valence electrons. The topological polar surface area (TPSA) is 113 Å². The Hall–Kier alpha value is -3.11. The lowest BCUT2D eigenvalue weighted by Crippen LogP contribution is -2.36. The van der Waals surface area contributed by atoms with Gasteiger partial charge in [0.1, 0.15) is 12.3 Å². The molecule has 0 unspecified atom stereocenters. The van der Waals surface area contributed by atoms with E-state index in [0.717, 1.165) is 22.2 Å². The van der Waals surface area contributed by atoms with Crippen molar-refractivity contribution in [1.29, 1.82) is 0 Å². The number of carbonyl (C=O) groups excluding carboxylic acids is 3. The second-order valence-corrected chi connectivity index (χ2v) is 8.40. The average molecular weight is 505 g/mol. The average Bonchev–Trinajstić information content (AvgIpc) is 2.96. The number of carboxylic acid groups (broad SMARTS) is 1. The lowest BCUT2D eigenvalue weighted by Gasteiger charge is -2.12. The van der Waals surface area contributed by atoms with E-state index in [0.29, 0.717) is 21.5 Å². The highest BCUT2D eigenvalue weighted by Gasteiger charge is 2.36. The number of hydrogen-bond acceptors (Lipinski definition) is 6. The van der Waals surface area contributed by atoms with Gasteiger partial charge in [-0.15, -0.1) is 0 Å². The maximum Gasteiger partial charge on any atom is 0.341 e. The van der Waals surface area contributed by atoms with Crippen LogP contribution in [0.3, 0.4) is 0 Å². The second kappa shape index (κ2) is 9.80. The highest BCUT2D eigenvalue weighted by molar-refractivity contribution is 9.10. The zero-order valence-electron chi connectivity index (χ0n) is 16.3. The van der Waals surface area contributed by atoms with E-state index in [1.807, 2.05) is 19.1 Å². The molecule has 1 fully saturated rings. The van der Waals surface area contributed by atoms with Crippen LogP contribution < -0.4 is 10.1 Å². The summed E-state index contributed by atoms with van der Waals surface area (Å²) in [5.74, 6) is -1.80. The highest BCUT2D eigenvalue weighted by atomic mass is 79.9. The second-order valence-electron chi connectivity index (χ2n) is 6.55. The van der Waals surface area contributed by atoms with E-state index in [1.165, 1.54) is 6.08 Å². The quantitative estimate of drug-likeness (QED) is 0.549. The van der Waals surface area contributed by atoms with Gasteiger partial charge in [-0.25, -0.2) is 4.79 Å². The number of aryl methyl sites for hydroxylation is 1. The minimum Gasteiger partial charge on any atom is -0.481 e. The summed E-state index contributed by atoms with van der Waals surface area (Å²) in [6.45, 7) is 1.05. The Morgan fingerprint density at radius 3 is 2.55 bits per heavy atom. The molecule has 8 nitrogen and oxygen atoms in total. The SMILES string of the molecule is Cc1ccc(NC(=O)CN2C(=O)S/C(=C\c3ccc(OCC(=O)O)c(Br)c3)C2=O)cc1. The number of thioether (sulfide) groups is 1. The van der Waals surface area contributed by atoms with Crippen LogP contribution in [0.1, 0.15) is 11.1 Å². The number of amides is 3. The molecular weight excluding hydrogens is 488 g/mol. The highest BCUT2D eigenvalue weighted by Crippen LogP contribution is 2.33. The van der Waals surface area contributed by atoms with Crippen LogP contribution in [0.5, 0.6) is 5.75 Å². The van der Waals surface area contributed by atoms with Gasteiger partial charge in [-0.2, -0.15) is 0 Å². The summed E-state index contributed by atoms with van der Waals surface area (Å²) in [6.07, 6.45) is 1.52. The zero-order valence-corrected chi connectivity index (χ0v) is 18.7. The van der Waals surface area contributed by atoms with Crippen LogP contribution in [-0.4, -0.2) is 46.2 Å². The number of carbonyl (C=O) groups is 4. The van der Waals surface area contributed by atoms with Crippen molar-refractivity contribution in [2.45, 2.75) is 6.92 Å². The molecular formula is C21H17BrN2O6S. The van der Waals surface area contributed by atoms with Gasteiger partial charge in [0.2, 0.25) is 5.91 Å². The van der Waals surface area contributed by atoms with Gasteiger partial charge in [0.15, 0.2) is 6.61 Å². The molecule has 1 aliphatic rings. The molecule has 1 saturated heterocycles. The first-order valence-electron chi connectivity index (χ1n) is 8.99. The van der Waals surface area contributed by atoms with Gasteiger partial charge in [0, 0.05) is 5.69 Å². The summed E-state index contributed by atoms with van der Waals surface area (Å²) in [7, 11) is 0. The van der Waals surface area contributed by atoms with E-state index in [4.69, 9.17) is 9.84 Å². The van der Waals surface area contributed by atoms with Gasteiger partial charge in [-0.1, -0.05) is 23.8 Å². The molecule has 1 aliphatic heterocycles. The summed E-state index contributed by atoms with van der Waals surface area (Å²) >= 11 is 4.03. The molecule has 2 aromatic rings. The summed E-state index contributed by atoms with van der Waals surface area (Å²) < 4.78 is 5.63. The molecule has 3 rings (SSSR count). The van der Waals surface area contributed by atoms with Crippen LogP contribution in [0.2, 0.25) is 0 Å². The van der Waals surface area contributed by atoms with E-state index in [9.17, 15) is 19.2 Å². The van der Waals surface area contributed by atoms with E-state index in [-0.39, 0.29) is 11.4 Å². The molecule has 10 heteroatoms. The molecule has 1 heterocycles. The molecule has 0 aliphatic carbocycles. The van der Waals surface area contributed by atoms with E-state index in [2.05, 4.69) is 21.2 Å². The van der Waals surface area contributed by atoms with Crippen LogP contribution in [0.15, 0.2) is 51.8 Å². The Balaban J connectivity index is 1.67. The minimum atomic E-state index is -1.10. The van der Waals surface area contributed by atoms with Crippen LogP contribution in [0.4, 0.5) is 10.5 Å². The first-order chi connectivity index (χ1) is 14.7. The van der Waals surface area contributed by atoms with Crippen molar-refractivity contribution in [3.63, 3.8) is 0 Å². The minimum absolute atomic E-state index is 0.180. The van der Waals surface area contributed by atoms with Gasteiger partial charge in [0.05, 0.1) is 9.38 Å². The van der Waals surface area contributed by atoms with Crippen LogP contribution in [-0.2, 0) is 14.4 Å². The van der Waals surface area contributed by atoms with E-state index in [1.54, 1.807) is 30.3 Å². The molecule has 2 N–H and O–H groups in total. The molecule has 2 aromatic carbocycles. The van der Waals surface area contributed by atoms with Crippen molar-refractivity contribution in [3.8, 4) is 5.75 Å². The fourth-order valence-electron chi connectivity index (χ4n) is 2.63. The van der Waals surface area contributed by atoms with Crippen molar-refractivity contribution in [2.75, 3.05) is 18.5 Å². The number of benzene rings is 2. The van der Waals surface area contributed by atoms with Gasteiger partial charge in [-0.3, -0.25) is 19.3 Å². The van der Waals surface area contributed by atoms with E-state index >= 15 is 0 Å². The van der Waals surface area contributed by atoms with Gasteiger partial charge >= 0.3 is 5.97 Å². The fourth-order valence-corrected chi connectivity index (χ4v) is 3.98. The van der Waals surface area contributed by atoms with Crippen molar-refractivity contribution >= 4 is 62.5 Å². The Labute approximate surface area is 190 Å². The number of aliphatic carboxylic acids is 1. The molecule has 0 radical (unpaired) electrons. The zero-order chi connectivity index (χ0) is 22.5.